The summed E-state index contributed by atoms with van der Waals surface area (Å²) in [6.07, 6.45) is 1.91. The average molecular weight is 499 g/mol. The van der Waals surface area contributed by atoms with Gasteiger partial charge >= 0.3 is 0 Å². The number of aromatic hydroxyl groups is 1. The lowest BCUT2D eigenvalue weighted by atomic mass is 9.93. The van der Waals surface area contributed by atoms with Crippen molar-refractivity contribution < 1.29 is 5.11 Å². The Bertz CT molecular complexity index is 1530. The zero-order valence-electron chi connectivity index (χ0n) is 20.2. The SMILES string of the molecule is CCN1CC(c2ccc(-c3ccc(-c4ccc5nc(C)cn5n4)cc3-c3ccccc3O)nn2)C1.Cl. The van der Waals surface area contributed by atoms with Crippen LogP contribution in [0.4, 0.5) is 0 Å². The van der Waals surface area contributed by atoms with Gasteiger partial charge in [-0.25, -0.2) is 9.50 Å². The number of imidazole rings is 1. The van der Waals surface area contributed by atoms with E-state index < -0.39 is 0 Å². The van der Waals surface area contributed by atoms with Gasteiger partial charge in [0, 0.05) is 35.7 Å². The minimum absolute atomic E-state index is 0. The monoisotopic (exact) mass is 498 g/mol. The van der Waals surface area contributed by atoms with Crippen molar-refractivity contribution in [3.8, 4) is 39.4 Å². The number of aromatic nitrogens is 5. The zero-order valence-corrected chi connectivity index (χ0v) is 21.0. The molecule has 6 rings (SSSR count). The number of benzene rings is 2. The summed E-state index contributed by atoms with van der Waals surface area (Å²) >= 11 is 0. The lowest BCUT2D eigenvalue weighted by Gasteiger charge is -2.37. The highest BCUT2D eigenvalue weighted by Gasteiger charge is 2.28. The van der Waals surface area contributed by atoms with Crippen LogP contribution in [0.15, 0.2) is 72.9 Å². The third-order valence-corrected chi connectivity index (χ3v) is 6.73. The van der Waals surface area contributed by atoms with E-state index in [1.54, 1.807) is 10.6 Å². The quantitative estimate of drug-likeness (QED) is 0.350. The molecule has 0 spiro atoms. The number of phenols is 1. The van der Waals surface area contributed by atoms with Crippen LogP contribution in [0.2, 0.25) is 0 Å². The number of likely N-dealkylation sites (N-methyl/N-ethyl adjacent to an activating group) is 1. The Labute approximate surface area is 215 Å². The highest BCUT2D eigenvalue weighted by Crippen LogP contribution is 2.38. The maximum atomic E-state index is 10.7. The molecule has 4 heterocycles. The molecule has 0 aliphatic carbocycles. The van der Waals surface area contributed by atoms with Gasteiger partial charge in [0.05, 0.1) is 29.0 Å². The first-order valence-electron chi connectivity index (χ1n) is 11.9. The van der Waals surface area contributed by atoms with Crippen molar-refractivity contribution in [3.05, 3.63) is 84.3 Å². The number of fused-ring (bicyclic) bond motifs is 1. The average Bonchev–Trinajstić information content (AvgIpc) is 3.23. The molecular weight excluding hydrogens is 472 g/mol. The van der Waals surface area contributed by atoms with E-state index in [0.29, 0.717) is 5.92 Å². The Kier molecular flexibility index (Phi) is 6.43. The third kappa shape index (κ3) is 4.32. The number of likely N-dealkylation sites (tertiary alicyclic amines) is 1. The van der Waals surface area contributed by atoms with E-state index in [4.69, 9.17) is 5.10 Å². The van der Waals surface area contributed by atoms with Crippen LogP contribution in [0, 0.1) is 6.92 Å². The largest absolute Gasteiger partial charge is 0.507 e. The summed E-state index contributed by atoms with van der Waals surface area (Å²) < 4.78 is 1.79. The fourth-order valence-electron chi connectivity index (χ4n) is 4.72. The van der Waals surface area contributed by atoms with Gasteiger partial charge in [-0.05, 0) is 55.4 Å². The van der Waals surface area contributed by atoms with Crippen LogP contribution in [0.1, 0.15) is 24.2 Å². The van der Waals surface area contributed by atoms with Crippen molar-refractivity contribution >= 4 is 18.1 Å². The summed E-state index contributed by atoms with van der Waals surface area (Å²) in [4.78, 5) is 6.86. The van der Waals surface area contributed by atoms with Crippen LogP contribution in [0.25, 0.3) is 39.3 Å². The van der Waals surface area contributed by atoms with Gasteiger partial charge in [-0.1, -0.05) is 37.3 Å². The highest BCUT2D eigenvalue weighted by molar-refractivity contribution is 5.87. The van der Waals surface area contributed by atoms with Gasteiger partial charge in [-0.2, -0.15) is 15.3 Å². The standard InChI is InChI=1S/C28H26N6O.ClH/c1-3-33-16-20(17-33)24-10-11-26(31-30-24)21-9-8-19(14-23(21)22-6-4-5-7-27(22)35)25-12-13-28-29-18(2)15-34(28)32-25;/h4-15,20,35H,3,16-17H2,1-2H3;1H. The zero-order chi connectivity index (χ0) is 23.9. The minimum atomic E-state index is 0. The van der Waals surface area contributed by atoms with Crippen molar-refractivity contribution in [1.29, 1.82) is 0 Å². The van der Waals surface area contributed by atoms with Crippen molar-refractivity contribution in [2.24, 2.45) is 0 Å². The second-order valence-corrected chi connectivity index (χ2v) is 9.07. The summed E-state index contributed by atoms with van der Waals surface area (Å²) in [6, 6.07) is 21.6. The van der Waals surface area contributed by atoms with Crippen molar-refractivity contribution in [1.82, 2.24) is 29.7 Å². The molecule has 0 radical (unpaired) electrons. The molecule has 36 heavy (non-hydrogen) atoms. The molecular formula is C28H27ClN6O. The van der Waals surface area contributed by atoms with E-state index in [1.165, 1.54) is 0 Å². The summed E-state index contributed by atoms with van der Waals surface area (Å²) in [5.74, 6) is 0.669. The molecule has 5 aromatic rings. The first-order chi connectivity index (χ1) is 17.1. The van der Waals surface area contributed by atoms with Gasteiger partial charge in [-0.3, -0.25) is 0 Å². The molecule has 2 aromatic carbocycles. The smallest absolute Gasteiger partial charge is 0.153 e. The van der Waals surface area contributed by atoms with Crippen LogP contribution < -0.4 is 0 Å². The fraction of sp³-hybridized carbons (Fsp3) is 0.214. The molecule has 182 valence electrons. The van der Waals surface area contributed by atoms with Crippen LogP contribution in [0.3, 0.4) is 0 Å². The van der Waals surface area contributed by atoms with Crippen molar-refractivity contribution in [2.45, 2.75) is 19.8 Å². The molecule has 0 amide bonds. The van der Waals surface area contributed by atoms with E-state index in [-0.39, 0.29) is 18.2 Å². The Hall–Kier alpha value is -3.81. The Morgan fingerprint density at radius 2 is 1.69 bits per heavy atom. The first kappa shape index (κ1) is 23.9. The summed E-state index contributed by atoms with van der Waals surface area (Å²) in [5, 5.41) is 24.6. The second-order valence-electron chi connectivity index (χ2n) is 9.07. The molecule has 1 saturated heterocycles. The van der Waals surface area contributed by atoms with Crippen LogP contribution in [-0.4, -0.2) is 54.4 Å². The molecule has 8 heteroatoms. The normalized spacial score (nSPS) is 13.9. The predicted octanol–water partition coefficient (Wildman–Crippen LogP) is 5.38. The molecule has 0 unspecified atom stereocenters. The van der Waals surface area contributed by atoms with Crippen LogP contribution in [0.5, 0.6) is 5.75 Å². The lowest BCUT2D eigenvalue weighted by molar-refractivity contribution is 0.154. The number of phenolic OH excluding ortho intramolecular Hbond substituents is 1. The molecule has 1 aliphatic rings. The molecule has 3 aromatic heterocycles. The first-order valence-corrected chi connectivity index (χ1v) is 11.9. The number of hydrogen-bond acceptors (Lipinski definition) is 6. The number of aryl methyl sites for hydroxylation is 1. The van der Waals surface area contributed by atoms with Gasteiger partial charge in [-0.15, -0.1) is 12.4 Å². The number of halogens is 1. The summed E-state index contributed by atoms with van der Waals surface area (Å²) in [6.45, 7) is 7.28. The molecule has 0 saturated carbocycles. The number of hydrogen-bond donors (Lipinski definition) is 1. The van der Waals surface area contributed by atoms with E-state index in [0.717, 1.165) is 70.3 Å². The fourth-order valence-corrected chi connectivity index (χ4v) is 4.72. The molecule has 1 aliphatic heterocycles. The predicted molar refractivity (Wildman–Crippen MR) is 143 cm³/mol. The second kappa shape index (κ2) is 9.68. The molecule has 0 bridgehead atoms. The molecule has 0 atom stereocenters. The van der Waals surface area contributed by atoms with Gasteiger partial charge in [0.1, 0.15) is 5.75 Å². The Balaban J connectivity index is 0.00000267. The minimum Gasteiger partial charge on any atom is -0.507 e. The van der Waals surface area contributed by atoms with E-state index in [9.17, 15) is 5.11 Å². The highest BCUT2D eigenvalue weighted by atomic mass is 35.5. The molecule has 1 fully saturated rings. The van der Waals surface area contributed by atoms with E-state index >= 15 is 0 Å². The third-order valence-electron chi connectivity index (χ3n) is 6.73. The van der Waals surface area contributed by atoms with E-state index in [1.807, 2.05) is 61.7 Å². The van der Waals surface area contributed by atoms with Crippen LogP contribution in [-0.2, 0) is 0 Å². The van der Waals surface area contributed by atoms with Crippen molar-refractivity contribution in [2.75, 3.05) is 19.6 Å². The van der Waals surface area contributed by atoms with Gasteiger partial charge in [0.2, 0.25) is 0 Å². The maximum Gasteiger partial charge on any atom is 0.153 e. The Morgan fingerprint density at radius 3 is 2.44 bits per heavy atom. The number of para-hydroxylation sites is 1. The van der Waals surface area contributed by atoms with Gasteiger partial charge < -0.3 is 10.0 Å². The Morgan fingerprint density at radius 1 is 0.889 bits per heavy atom. The van der Waals surface area contributed by atoms with E-state index in [2.05, 4.69) is 39.1 Å². The summed E-state index contributed by atoms with van der Waals surface area (Å²) in [5.41, 5.74) is 7.85. The van der Waals surface area contributed by atoms with Crippen LogP contribution >= 0.6 is 12.4 Å². The topological polar surface area (TPSA) is 79.4 Å². The lowest BCUT2D eigenvalue weighted by Crippen LogP contribution is -2.44. The molecule has 1 N–H and O–H groups in total. The van der Waals surface area contributed by atoms with Gasteiger partial charge in [0.15, 0.2) is 5.65 Å². The summed E-state index contributed by atoms with van der Waals surface area (Å²) in [7, 11) is 0. The van der Waals surface area contributed by atoms with Crippen molar-refractivity contribution in [3.63, 3.8) is 0 Å². The maximum absolute atomic E-state index is 10.7. The molecule has 7 nitrogen and oxygen atoms in total. The number of rotatable bonds is 5. The van der Waals surface area contributed by atoms with Gasteiger partial charge in [0.25, 0.3) is 0 Å². The number of nitrogens with zero attached hydrogens (tertiary/aromatic N) is 6.